The van der Waals surface area contributed by atoms with Crippen LogP contribution in [0.2, 0.25) is 0 Å². The number of hydrogen-bond acceptors (Lipinski definition) is 8. The molecule has 1 fully saturated rings. The molecule has 0 radical (unpaired) electrons. The normalized spacial score (nSPS) is 30.0. The molecule has 0 spiro atoms. The van der Waals surface area contributed by atoms with Crippen LogP contribution in [-0.2, 0) is 25.4 Å². The first-order chi connectivity index (χ1) is 12.4. The van der Waals surface area contributed by atoms with Gasteiger partial charge in [-0.05, 0) is 24.1 Å². The molecule has 9 heteroatoms. The van der Waals surface area contributed by atoms with Gasteiger partial charge in [-0.2, -0.15) is 0 Å². The van der Waals surface area contributed by atoms with E-state index in [1.54, 1.807) is 12.1 Å². The van der Waals surface area contributed by atoms with Crippen LogP contribution in [0.15, 0.2) is 24.3 Å². The smallest absolute Gasteiger partial charge is 0.237 e. The highest BCUT2D eigenvalue weighted by atomic mass is 16.7. The first-order valence-corrected chi connectivity index (χ1v) is 8.25. The molecule has 1 saturated heterocycles. The first kappa shape index (κ1) is 20.6. The van der Waals surface area contributed by atoms with Crippen molar-refractivity contribution in [1.29, 1.82) is 0 Å². The van der Waals surface area contributed by atoms with E-state index in [9.17, 15) is 20.1 Å². The fourth-order valence-electron chi connectivity index (χ4n) is 2.96. The number of carbonyl (C=O) groups is 1. The minimum Gasteiger partial charge on any atom is -0.508 e. The van der Waals surface area contributed by atoms with Crippen molar-refractivity contribution in [2.75, 3.05) is 20.8 Å². The number of hydrogen-bond donors (Lipinski definition) is 5. The third-order valence-corrected chi connectivity index (χ3v) is 4.40. The minimum absolute atomic E-state index is 0.126. The zero-order valence-corrected chi connectivity index (χ0v) is 14.7. The van der Waals surface area contributed by atoms with Crippen LogP contribution in [0.1, 0.15) is 5.56 Å². The maximum Gasteiger partial charge on any atom is 0.237 e. The molecule has 9 nitrogen and oxygen atoms in total. The number of rotatable bonds is 7. The maximum atomic E-state index is 12.4. The molecular formula is C17H26N2O7. The number of aromatic hydroxyl groups is 1. The lowest BCUT2D eigenvalue weighted by atomic mass is 9.96. The zero-order chi connectivity index (χ0) is 19.3. The highest BCUT2D eigenvalue weighted by molar-refractivity contribution is 5.82. The van der Waals surface area contributed by atoms with Crippen LogP contribution in [0.5, 0.6) is 5.75 Å². The van der Waals surface area contributed by atoms with Crippen molar-refractivity contribution in [2.45, 2.75) is 43.1 Å². The Bertz CT molecular complexity index is 583. The Morgan fingerprint density at radius 1 is 1.31 bits per heavy atom. The van der Waals surface area contributed by atoms with Crippen molar-refractivity contribution in [3.8, 4) is 5.75 Å². The molecule has 26 heavy (non-hydrogen) atoms. The maximum absolute atomic E-state index is 12.4. The molecule has 1 aliphatic rings. The third-order valence-electron chi connectivity index (χ3n) is 4.40. The van der Waals surface area contributed by atoms with Crippen molar-refractivity contribution in [3.63, 3.8) is 0 Å². The summed E-state index contributed by atoms with van der Waals surface area (Å²) in [4.78, 5) is 12.4. The molecule has 0 bridgehead atoms. The number of amides is 1. The molecule has 6 N–H and O–H groups in total. The standard InChI is InChI=1S/C17H26N2O7/c1-24-15-12(8-20)26-17(25-2)13(14(15)22)19-16(23)11(18)7-9-3-5-10(21)6-4-9/h3-6,11-15,17,20-22H,7-8,18H2,1-2H3,(H,19,23)/t11?,12?,13?,14-,15+,17-/m1/s1. The van der Waals surface area contributed by atoms with Gasteiger partial charge < -0.3 is 40.6 Å². The van der Waals surface area contributed by atoms with E-state index in [4.69, 9.17) is 19.9 Å². The number of nitrogens with two attached hydrogens (primary N) is 1. The number of nitrogens with one attached hydrogen (secondary N) is 1. The van der Waals surface area contributed by atoms with Crippen molar-refractivity contribution in [2.24, 2.45) is 5.73 Å². The van der Waals surface area contributed by atoms with Gasteiger partial charge in [0.1, 0.15) is 30.1 Å². The number of phenols is 1. The molecule has 0 saturated carbocycles. The average Bonchev–Trinajstić information content (AvgIpc) is 2.64. The first-order valence-electron chi connectivity index (χ1n) is 8.25. The summed E-state index contributed by atoms with van der Waals surface area (Å²) in [5, 5.41) is 31.8. The Labute approximate surface area is 151 Å². The predicted molar refractivity (Wildman–Crippen MR) is 91.3 cm³/mol. The fraction of sp³-hybridized carbons (Fsp3) is 0.588. The van der Waals surface area contributed by atoms with Crippen molar-refractivity contribution < 1.29 is 34.3 Å². The van der Waals surface area contributed by atoms with E-state index < -0.39 is 42.6 Å². The molecule has 1 aliphatic heterocycles. The molecule has 1 aromatic carbocycles. The Balaban J connectivity index is 2.03. The summed E-state index contributed by atoms with van der Waals surface area (Å²) in [6.45, 7) is -0.365. The summed E-state index contributed by atoms with van der Waals surface area (Å²) in [5.41, 5.74) is 6.73. The van der Waals surface area contributed by atoms with Gasteiger partial charge in [0, 0.05) is 14.2 Å². The Morgan fingerprint density at radius 2 is 1.96 bits per heavy atom. The third kappa shape index (κ3) is 4.70. The monoisotopic (exact) mass is 370 g/mol. The number of methoxy groups -OCH3 is 2. The van der Waals surface area contributed by atoms with Gasteiger partial charge in [-0.15, -0.1) is 0 Å². The van der Waals surface area contributed by atoms with Gasteiger partial charge in [-0.25, -0.2) is 0 Å². The Kier molecular flexibility index (Phi) is 7.33. The second-order valence-corrected chi connectivity index (χ2v) is 6.16. The summed E-state index contributed by atoms with van der Waals surface area (Å²) in [5.74, 6) is -0.369. The summed E-state index contributed by atoms with van der Waals surface area (Å²) in [6.07, 6.45) is -3.47. The number of benzene rings is 1. The van der Waals surface area contributed by atoms with Gasteiger partial charge >= 0.3 is 0 Å². The van der Waals surface area contributed by atoms with Gasteiger partial charge in [-0.3, -0.25) is 4.79 Å². The topological polar surface area (TPSA) is 144 Å². The van der Waals surface area contributed by atoms with Crippen LogP contribution in [0.25, 0.3) is 0 Å². The van der Waals surface area contributed by atoms with Crippen LogP contribution in [0, 0.1) is 0 Å². The highest BCUT2D eigenvalue weighted by Gasteiger charge is 2.46. The van der Waals surface area contributed by atoms with Crippen LogP contribution >= 0.6 is 0 Å². The molecule has 1 aromatic rings. The summed E-state index contributed by atoms with van der Waals surface area (Å²) < 4.78 is 15.9. The van der Waals surface area contributed by atoms with E-state index in [1.165, 1.54) is 26.4 Å². The van der Waals surface area contributed by atoms with Crippen LogP contribution in [-0.4, -0.2) is 78.7 Å². The van der Waals surface area contributed by atoms with Crippen molar-refractivity contribution in [3.05, 3.63) is 29.8 Å². The minimum atomic E-state index is -1.15. The number of phenolic OH excluding ortho intramolecular Hbond substituents is 1. The van der Waals surface area contributed by atoms with Crippen molar-refractivity contribution >= 4 is 5.91 Å². The lowest BCUT2D eigenvalue weighted by molar-refractivity contribution is -0.267. The van der Waals surface area contributed by atoms with Crippen LogP contribution in [0.3, 0.4) is 0 Å². The number of aliphatic hydroxyl groups is 2. The van der Waals surface area contributed by atoms with Gasteiger partial charge in [0.05, 0.1) is 12.6 Å². The van der Waals surface area contributed by atoms with Crippen molar-refractivity contribution in [1.82, 2.24) is 5.32 Å². The SMILES string of the molecule is CO[C@@H]1OC(CO)[C@H](OC)[C@H](O)C1NC(=O)C(N)Cc1ccc(O)cc1. The predicted octanol–water partition coefficient (Wildman–Crippen LogP) is -1.51. The van der Waals surface area contributed by atoms with Gasteiger partial charge in [0.15, 0.2) is 6.29 Å². The lowest BCUT2D eigenvalue weighted by Gasteiger charge is -2.43. The van der Waals surface area contributed by atoms with E-state index in [1.807, 2.05) is 0 Å². The summed E-state index contributed by atoms with van der Waals surface area (Å²) >= 11 is 0. The molecular weight excluding hydrogens is 344 g/mol. The largest absolute Gasteiger partial charge is 0.508 e. The zero-order valence-electron chi connectivity index (χ0n) is 14.7. The molecule has 1 amide bonds. The van der Waals surface area contributed by atoms with E-state index in [0.29, 0.717) is 0 Å². The molecule has 0 aliphatic carbocycles. The van der Waals surface area contributed by atoms with Gasteiger partial charge in [0.25, 0.3) is 0 Å². The fourth-order valence-corrected chi connectivity index (χ4v) is 2.96. The second kappa shape index (κ2) is 9.26. The second-order valence-electron chi connectivity index (χ2n) is 6.16. The lowest BCUT2D eigenvalue weighted by Crippen LogP contribution is -2.66. The Hall–Kier alpha value is -1.75. The highest BCUT2D eigenvalue weighted by Crippen LogP contribution is 2.23. The van der Waals surface area contributed by atoms with E-state index in [-0.39, 0.29) is 18.8 Å². The van der Waals surface area contributed by atoms with E-state index in [2.05, 4.69) is 5.32 Å². The average molecular weight is 370 g/mol. The Morgan fingerprint density at radius 3 is 2.50 bits per heavy atom. The number of ether oxygens (including phenoxy) is 3. The quantitative estimate of drug-likeness (QED) is 0.390. The number of aliphatic hydroxyl groups excluding tert-OH is 2. The van der Waals surface area contributed by atoms with E-state index >= 15 is 0 Å². The molecule has 6 atom stereocenters. The number of carbonyl (C=O) groups excluding carboxylic acids is 1. The summed E-state index contributed by atoms with van der Waals surface area (Å²) in [6, 6.07) is 4.58. The van der Waals surface area contributed by atoms with Crippen LogP contribution in [0.4, 0.5) is 0 Å². The summed E-state index contributed by atoms with van der Waals surface area (Å²) in [7, 11) is 2.75. The molecule has 2 rings (SSSR count). The molecule has 0 aromatic heterocycles. The molecule has 146 valence electrons. The van der Waals surface area contributed by atoms with Gasteiger partial charge in [0.2, 0.25) is 5.91 Å². The molecule has 1 heterocycles. The van der Waals surface area contributed by atoms with E-state index in [0.717, 1.165) is 5.56 Å². The van der Waals surface area contributed by atoms with Crippen LogP contribution < -0.4 is 11.1 Å². The molecule has 3 unspecified atom stereocenters. The van der Waals surface area contributed by atoms with Gasteiger partial charge in [-0.1, -0.05) is 12.1 Å².